The number of aromatic nitrogens is 2. The van der Waals surface area contributed by atoms with E-state index in [-0.39, 0.29) is 0 Å². The third kappa shape index (κ3) is 1.15. The second-order valence-corrected chi connectivity index (χ2v) is 3.98. The van der Waals surface area contributed by atoms with Gasteiger partial charge in [-0.2, -0.15) is 5.26 Å². The molecule has 3 heteroatoms. The average molecular weight is 197 g/mol. The van der Waals surface area contributed by atoms with Crippen molar-refractivity contribution in [3.8, 4) is 6.07 Å². The molecule has 0 aliphatic heterocycles. The van der Waals surface area contributed by atoms with Gasteiger partial charge in [-0.25, -0.2) is 4.98 Å². The number of pyridine rings is 1. The van der Waals surface area contributed by atoms with Crippen LogP contribution in [0.2, 0.25) is 0 Å². The molecule has 0 bridgehead atoms. The maximum Gasteiger partial charge on any atom is 0.139 e. The highest BCUT2D eigenvalue weighted by atomic mass is 14.9. The van der Waals surface area contributed by atoms with Crippen molar-refractivity contribution in [2.24, 2.45) is 0 Å². The van der Waals surface area contributed by atoms with Crippen LogP contribution in [0.1, 0.15) is 29.7 Å². The lowest BCUT2D eigenvalue weighted by Gasteiger charge is -2.10. The Morgan fingerprint density at radius 2 is 2.20 bits per heavy atom. The number of hydrogen-bond acceptors (Lipinski definition) is 2. The number of H-pyrrole nitrogens is 1. The van der Waals surface area contributed by atoms with Crippen molar-refractivity contribution in [3.63, 3.8) is 0 Å². The van der Waals surface area contributed by atoms with Gasteiger partial charge >= 0.3 is 0 Å². The summed E-state index contributed by atoms with van der Waals surface area (Å²) in [5, 5.41) is 10.1. The topological polar surface area (TPSA) is 52.5 Å². The van der Waals surface area contributed by atoms with E-state index < -0.39 is 0 Å². The second kappa shape index (κ2) is 3.09. The van der Waals surface area contributed by atoms with E-state index in [1.807, 2.05) is 0 Å². The Morgan fingerprint density at radius 3 is 3.07 bits per heavy atom. The fourth-order valence-corrected chi connectivity index (χ4v) is 2.42. The number of aromatic amines is 1. The van der Waals surface area contributed by atoms with Crippen molar-refractivity contribution in [1.29, 1.82) is 5.26 Å². The first-order valence-electron chi connectivity index (χ1n) is 5.28. The third-order valence-corrected chi connectivity index (χ3v) is 3.11. The summed E-state index contributed by atoms with van der Waals surface area (Å²) in [6.07, 6.45) is 6.33. The predicted molar refractivity (Wildman–Crippen MR) is 57.5 cm³/mol. The molecule has 0 radical (unpaired) electrons. The number of hydrogen-bond donors (Lipinski definition) is 1. The van der Waals surface area contributed by atoms with Crippen LogP contribution in [0.15, 0.2) is 12.3 Å². The van der Waals surface area contributed by atoms with Gasteiger partial charge in [0, 0.05) is 17.3 Å². The van der Waals surface area contributed by atoms with Gasteiger partial charge in [0.05, 0.1) is 11.6 Å². The van der Waals surface area contributed by atoms with Gasteiger partial charge < -0.3 is 4.98 Å². The lowest BCUT2D eigenvalue weighted by atomic mass is 9.95. The fourth-order valence-electron chi connectivity index (χ4n) is 2.42. The molecule has 2 heterocycles. The summed E-state index contributed by atoms with van der Waals surface area (Å²) in [7, 11) is 0. The van der Waals surface area contributed by atoms with Gasteiger partial charge in [-0.05, 0) is 37.3 Å². The van der Waals surface area contributed by atoms with Crippen LogP contribution >= 0.6 is 0 Å². The lowest BCUT2D eigenvalue weighted by molar-refractivity contribution is 0.680. The molecule has 0 fully saturated rings. The van der Waals surface area contributed by atoms with E-state index in [1.54, 1.807) is 12.3 Å². The van der Waals surface area contributed by atoms with Crippen molar-refractivity contribution >= 4 is 11.0 Å². The summed E-state index contributed by atoms with van der Waals surface area (Å²) in [4.78, 5) is 7.62. The first-order valence-corrected chi connectivity index (χ1v) is 5.28. The fraction of sp³-hybridized carbons (Fsp3) is 0.333. The molecule has 0 amide bonds. The lowest BCUT2D eigenvalue weighted by Crippen LogP contribution is -2.00. The van der Waals surface area contributed by atoms with Crippen LogP contribution in [0.25, 0.3) is 11.0 Å². The van der Waals surface area contributed by atoms with Crippen LogP contribution < -0.4 is 0 Å². The first kappa shape index (κ1) is 8.49. The minimum Gasteiger partial charge on any atom is -0.343 e. The van der Waals surface area contributed by atoms with Gasteiger partial charge in [-0.3, -0.25) is 0 Å². The summed E-state index contributed by atoms with van der Waals surface area (Å²) in [6.45, 7) is 0. The summed E-state index contributed by atoms with van der Waals surface area (Å²) in [5.41, 5.74) is 4.23. The first-order chi connectivity index (χ1) is 7.40. The van der Waals surface area contributed by atoms with Crippen LogP contribution in [0.3, 0.4) is 0 Å². The van der Waals surface area contributed by atoms with E-state index >= 15 is 0 Å². The minimum atomic E-state index is 0.749. The van der Waals surface area contributed by atoms with E-state index in [0.29, 0.717) is 0 Å². The average Bonchev–Trinajstić information content (AvgIpc) is 2.67. The van der Waals surface area contributed by atoms with Gasteiger partial charge in [-0.15, -0.1) is 0 Å². The third-order valence-electron chi connectivity index (χ3n) is 3.11. The quantitative estimate of drug-likeness (QED) is 0.704. The van der Waals surface area contributed by atoms with Crippen molar-refractivity contribution in [1.82, 2.24) is 9.97 Å². The van der Waals surface area contributed by atoms with E-state index in [2.05, 4.69) is 16.0 Å². The molecule has 3 rings (SSSR count). The van der Waals surface area contributed by atoms with Crippen LogP contribution in [0.4, 0.5) is 0 Å². The highest BCUT2D eigenvalue weighted by molar-refractivity contribution is 5.87. The Bertz CT molecular complexity index is 560. The Labute approximate surface area is 87.8 Å². The molecule has 3 nitrogen and oxygen atoms in total. The number of rotatable bonds is 0. The zero-order valence-corrected chi connectivity index (χ0v) is 8.38. The smallest absolute Gasteiger partial charge is 0.139 e. The number of fused-ring (bicyclic) bond motifs is 3. The standard InChI is InChI=1S/C12H11N3/c13-7-8-5-6-14-12-11(8)9-3-1-2-4-10(9)15-12/h5-6H,1-4H2,(H,14,15). The van der Waals surface area contributed by atoms with Gasteiger partial charge in [0.1, 0.15) is 5.65 Å². The maximum atomic E-state index is 9.06. The molecular formula is C12H11N3. The predicted octanol–water partition coefficient (Wildman–Crippen LogP) is 2.31. The molecule has 74 valence electrons. The molecule has 1 N–H and O–H groups in total. The van der Waals surface area contributed by atoms with Crippen LogP contribution in [0.5, 0.6) is 0 Å². The Balaban J connectivity index is 2.39. The van der Waals surface area contributed by atoms with E-state index in [0.717, 1.165) is 29.4 Å². The summed E-state index contributed by atoms with van der Waals surface area (Å²) in [5.74, 6) is 0. The van der Waals surface area contributed by atoms with Gasteiger partial charge in [-0.1, -0.05) is 0 Å². The highest BCUT2D eigenvalue weighted by Gasteiger charge is 2.17. The number of nitriles is 1. The molecule has 1 aliphatic carbocycles. The highest BCUT2D eigenvalue weighted by Crippen LogP contribution is 2.29. The van der Waals surface area contributed by atoms with Crippen molar-refractivity contribution in [2.45, 2.75) is 25.7 Å². The van der Waals surface area contributed by atoms with Crippen LogP contribution in [-0.4, -0.2) is 9.97 Å². The molecular weight excluding hydrogens is 186 g/mol. The SMILES string of the molecule is N#Cc1ccnc2[nH]c3c(c12)CCCC3. The van der Waals surface area contributed by atoms with Crippen molar-refractivity contribution < 1.29 is 0 Å². The van der Waals surface area contributed by atoms with Gasteiger partial charge in [0.2, 0.25) is 0 Å². The number of aryl methyl sites for hydroxylation is 2. The van der Waals surface area contributed by atoms with E-state index in [4.69, 9.17) is 5.26 Å². The summed E-state index contributed by atoms with van der Waals surface area (Å²) < 4.78 is 0. The molecule has 2 aromatic heterocycles. The van der Waals surface area contributed by atoms with E-state index in [1.165, 1.54) is 24.1 Å². The zero-order valence-electron chi connectivity index (χ0n) is 8.38. The van der Waals surface area contributed by atoms with Crippen LogP contribution in [-0.2, 0) is 12.8 Å². The molecule has 0 saturated carbocycles. The zero-order chi connectivity index (χ0) is 10.3. The number of nitrogens with zero attached hydrogens (tertiary/aromatic N) is 2. The number of nitrogens with one attached hydrogen (secondary N) is 1. The molecule has 0 saturated heterocycles. The maximum absolute atomic E-state index is 9.06. The largest absolute Gasteiger partial charge is 0.343 e. The van der Waals surface area contributed by atoms with Gasteiger partial charge in [0.15, 0.2) is 0 Å². The molecule has 2 aromatic rings. The monoisotopic (exact) mass is 197 g/mol. The van der Waals surface area contributed by atoms with Gasteiger partial charge in [0.25, 0.3) is 0 Å². The summed E-state index contributed by atoms with van der Waals surface area (Å²) >= 11 is 0. The molecule has 0 unspecified atom stereocenters. The van der Waals surface area contributed by atoms with E-state index in [9.17, 15) is 0 Å². The Morgan fingerprint density at radius 1 is 1.33 bits per heavy atom. The second-order valence-electron chi connectivity index (χ2n) is 3.98. The molecule has 0 atom stereocenters. The normalized spacial score (nSPS) is 14.9. The molecule has 0 aromatic carbocycles. The Kier molecular flexibility index (Phi) is 1.75. The van der Waals surface area contributed by atoms with Crippen molar-refractivity contribution in [2.75, 3.05) is 0 Å². The summed E-state index contributed by atoms with van der Waals surface area (Å²) in [6, 6.07) is 4.04. The molecule has 0 spiro atoms. The Hall–Kier alpha value is -1.82. The molecule has 1 aliphatic rings. The minimum absolute atomic E-state index is 0.749. The van der Waals surface area contributed by atoms with Crippen molar-refractivity contribution in [3.05, 3.63) is 29.1 Å². The molecule has 15 heavy (non-hydrogen) atoms. The van der Waals surface area contributed by atoms with Crippen LogP contribution in [0, 0.1) is 11.3 Å².